The van der Waals surface area contributed by atoms with Gasteiger partial charge in [0, 0.05) is 18.8 Å². The maximum atomic E-state index is 12.8. The van der Waals surface area contributed by atoms with Crippen LogP contribution in [0.2, 0.25) is 0 Å². The second-order valence-corrected chi connectivity index (χ2v) is 7.35. The Morgan fingerprint density at radius 2 is 1.85 bits per heavy atom. The van der Waals surface area contributed by atoms with Crippen molar-refractivity contribution in [3.05, 3.63) is 72.1 Å². The van der Waals surface area contributed by atoms with E-state index in [9.17, 15) is 4.79 Å². The Kier molecular flexibility index (Phi) is 6.65. The number of thioether (sulfide) groups is 1. The molecule has 3 rings (SSSR count). The SMILES string of the molecule is CCCN(Cc1ccccc1)C(=O)CSc1nncn1-c1ccc(C)cc1. The fourth-order valence-electron chi connectivity index (χ4n) is 2.79. The van der Waals surface area contributed by atoms with Crippen LogP contribution in [0.4, 0.5) is 0 Å². The second kappa shape index (κ2) is 9.37. The van der Waals surface area contributed by atoms with Crippen LogP contribution < -0.4 is 0 Å². The van der Waals surface area contributed by atoms with Crippen LogP contribution in [0.1, 0.15) is 24.5 Å². The standard InChI is InChI=1S/C21H24N4OS/c1-3-13-24(14-18-7-5-4-6-8-18)20(26)15-27-21-23-22-16-25(21)19-11-9-17(2)10-12-19/h4-12,16H,3,13-15H2,1-2H3. The maximum Gasteiger partial charge on any atom is 0.233 e. The summed E-state index contributed by atoms with van der Waals surface area (Å²) in [4.78, 5) is 14.7. The van der Waals surface area contributed by atoms with E-state index < -0.39 is 0 Å². The minimum absolute atomic E-state index is 0.115. The van der Waals surface area contributed by atoms with E-state index >= 15 is 0 Å². The third-order valence-corrected chi connectivity index (χ3v) is 5.14. The van der Waals surface area contributed by atoms with Crippen molar-refractivity contribution in [2.75, 3.05) is 12.3 Å². The second-order valence-electron chi connectivity index (χ2n) is 6.41. The first-order valence-electron chi connectivity index (χ1n) is 9.09. The number of aromatic nitrogens is 3. The van der Waals surface area contributed by atoms with Gasteiger partial charge in [-0.05, 0) is 31.0 Å². The van der Waals surface area contributed by atoms with E-state index in [1.165, 1.54) is 17.3 Å². The molecule has 140 valence electrons. The van der Waals surface area contributed by atoms with Crippen molar-refractivity contribution in [2.24, 2.45) is 0 Å². The Hall–Kier alpha value is -2.60. The van der Waals surface area contributed by atoms with Gasteiger partial charge in [-0.25, -0.2) is 0 Å². The molecule has 0 aliphatic heterocycles. The van der Waals surface area contributed by atoms with Crippen LogP contribution in [0.5, 0.6) is 0 Å². The van der Waals surface area contributed by atoms with Gasteiger partial charge >= 0.3 is 0 Å². The first-order valence-corrected chi connectivity index (χ1v) is 10.1. The molecule has 0 aliphatic carbocycles. The van der Waals surface area contributed by atoms with Crippen LogP contribution in [0, 0.1) is 6.92 Å². The molecule has 5 nitrogen and oxygen atoms in total. The molecule has 27 heavy (non-hydrogen) atoms. The third-order valence-electron chi connectivity index (χ3n) is 4.22. The molecular formula is C21H24N4OS. The van der Waals surface area contributed by atoms with Gasteiger partial charge < -0.3 is 4.90 Å². The fraction of sp³-hybridized carbons (Fsp3) is 0.286. The summed E-state index contributed by atoms with van der Waals surface area (Å²) in [5.74, 6) is 0.460. The average molecular weight is 381 g/mol. The van der Waals surface area contributed by atoms with E-state index in [0.717, 1.165) is 29.4 Å². The van der Waals surface area contributed by atoms with Crippen molar-refractivity contribution in [1.29, 1.82) is 0 Å². The van der Waals surface area contributed by atoms with Crippen molar-refractivity contribution in [3.63, 3.8) is 0 Å². The van der Waals surface area contributed by atoms with Crippen LogP contribution in [0.3, 0.4) is 0 Å². The van der Waals surface area contributed by atoms with E-state index in [-0.39, 0.29) is 5.91 Å². The number of hydrogen-bond donors (Lipinski definition) is 0. The van der Waals surface area contributed by atoms with Gasteiger partial charge in [0.15, 0.2) is 5.16 Å². The number of aryl methyl sites for hydroxylation is 1. The highest BCUT2D eigenvalue weighted by Crippen LogP contribution is 2.20. The summed E-state index contributed by atoms with van der Waals surface area (Å²) in [5.41, 5.74) is 3.34. The zero-order valence-corrected chi connectivity index (χ0v) is 16.5. The minimum Gasteiger partial charge on any atom is -0.338 e. The molecule has 1 amide bonds. The largest absolute Gasteiger partial charge is 0.338 e. The highest BCUT2D eigenvalue weighted by atomic mass is 32.2. The molecule has 0 radical (unpaired) electrons. The Labute approximate surface area is 164 Å². The molecule has 0 atom stereocenters. The number of carbonyl (C=O) groups excluding carboxylic acids is 1. The van der Waals surface area contributed by atoms with Crippen LogP contribution in [0.15, 0.2) is 66.1 Å². The number of carbonyl (C=O) groups is 1. The van der Waals surface area contributed by atoms with Gasteiger partial charge in [-0.15, -0.1) is 10.2 Å². The lowest BCUT2D eigenvalue weighted by Gasteiger charge is -2.22. The summed E-state index contributed by atoms with van der Waals surface area (Å²) in [6, 6.07) is 18.3. The number of hydrogen-bond acceptors (Lipinski definition) is 4. The van der Waals surface area contributed by atoms with E-state index in [4.69, 9.17) is 0 Å². The first kappa shape index (κ1) is 19.2. The molecule has 0 saturated heterocycles. The van der Waals surface area contributed by atoms with Gasteiger partial charge in [0.05, 0.1) is 5.75 Å². The molecule has 0 bridgehead atoms. The molecule has 0 fully saturated rings. The normalized spacial score (nSPS) is 10.7. The summed E-state index contributed by atoms with van der Waals surface area (Å²) in [7, 11) is 0. The molecular weight excluding hydrogens is 356 g/mol. The lowest BCUT2D eigenvalue weighted by atomic mass is 10.2. The van der Waals surface area contributed by atoms with Crippen LogP contribution in [-0.4, -0.2) is 37.9 Å². The number of nitrogens with zero attached hydrogens (tertiary/aromatic N) is 4. The minimum atomic E-state index is 0.115. The van der Waals surface area contributed by atoms with E-state index in [2.05, 4.69) is 48.3 Å². The molecule has 1 heterocycles. The zero-order valence-electron chi connectivity index (χ0n) is 15.7. The fourth-order valence-corrected chi connectivity index (χ4v) is 3.62. The number of benzene rings is 2. The molecule has 3 aromatic rings. The molecule has 1 aromatic heterocycles. The Morgan fingerprint density at radius 1 is 1.11 bits per heavy atom. The first-order chi connectivity index (χ1) is 13.2. The Bertz CT molecular complexity index is 861. The van der Waals surface area contributed by atoms with Gasteiger partial charge in [0.1, 0.15) is 6.33 Å². The van der Waals surface area contributed by atoms with Crippen molar-refractivity contribution in [3.8, 4) is 5.69 Å². The Balaban J connectivity index is 1.65. The van der Waals surface area contributed by atoms with Crippen LogP contribution in [-0.2, 0) is 11.3 Å². The predicted molar refractivity (Wildman–Crippen MR) is 109 cm³/mol. The van der Waals surface area contributed by atoms with E-state index in [0.29, 0.717) is 12.3 Å². The number of rotatable bonds is 8. The summed E-state index contributed by atoms with van der Waals surface area (Å²) >= 11 is 1.42. The molecule has 0 saturated carbocycles. The quantitative estimate of drug-likeness (QED) is 0.552. The van der Waals surface area contributed by atoms with Crippen molar-refractivity contribution < 1.29 is 4.79 Å². The van der Waals surface area contributed by atoms with Crippen LogP contribution >= 0.6 is 11.8 Å². The molecule has 0 spiro atoms. The predicted octanol–water partition coefficient (Wildman–Crippen LogP) is 4.11. The molecule has 0 aliphatic rings. The monoisotopic (exact) mass is 380 g/mol. The summed E-state index contributed by atoms with van der Waals surface area (Å²) in [6.45, 7) is 5.53. The van der Waals surface area contributed by atoms with Crippen molar-refractivity contribution in [2.45, 2.75) is 32.0 Å². The van der Waals surface area contributed by atoms with Gasteiger partial charge in [-0.2, -0.15) is 0 Å². The highest BCUT2D eigenvalue weighted by molar-refractivity contribution is 7.99. The summed E-state index contributed by atoms with van der Waals surface area (Å²) < 4.78 is 1.92. The van der Waals surface area contributed by atoms with Gasteiger partial charge in [0.2, 0.25) is 5.91 Å². The Morgan fingerprint density at radius 3 is 2.56 bits per heavy atom. The smallest absolute Gasteiger partial charge is 0.233 e. The van der Waals surface area contributed by atoms with E-state index in [1.807, 2.05) is 39.8 Å². The van der Waals surface area contributed by atoms with E-state index in [1.54, 1.807) is 6.33 Å². The molecule has 0 unspecified atom stereocenters. The molecule has 0 N–H and O–H groups in total. The maximum absolute atomic E-state index is 12.8. The van der Waals surface area contributed by atoms with Crippen molar-refractivity contribution >= 4 is 17.7 Å². The zero-order chi connectivity index (χ0) is 19.1. The van der Waals surface area contributed by atoms with Gasteiger partial charge in [-0.3, -0.25) is 9.36 Å². The highest BCUT2D eigenvalue weighted by Gasteiger charge is 2.16. The van der Waals surface area contributed by atoms with Gasteiger partial charge in [-0.1, -0.05) is 66.7 Å². The molecule has 6 heteroatoms. The van der Waals surface area contributed by atoms with Crippen molar-refractivity contribution in [1.82, 2.24) is 19.7 Å². The molecule has 2 aromatic carbocycles. The van der Waals surface area contributed by atoms with Crippen LogP contribution in [0.25, 0.3) is 5.69 Å². The topological polar surface area (TPSA) is 51.0 Å². The lowest BCUT2D eigenvalue weighted by Crippen LogP contribution is -2.32. The number of amides is 1. The van der Waals surface area contributed by atoms with Gasteiger partial charge in [0.25, 0.3) is 0 Å². The average Bonchev–Trinajstić information content (AvgIpc) is 3.16. The lowest BCUT2D eigenvalue weighted by molar-refractivity contribution is -0.129. The summed E-state index contributed by atoms with van der Waals surface area (Å²) in [6.07, 6.45) is 2.62. The third kappa shape index (κ3) is 5.20. The summed E-state index contributed by atoms with van der Waals surface area (Å²) in [5, 5.41) is 8.92.